The van der Waals surface area contributed by atoms with Gasteiger partial charge in [-0.05, 0) is 31.2 Å². The number of carbonyl (C=O) groups is 3. The molecule has 3 heterocycles. The van der Waals surface area contributed by atoms with Gasteiger partial charge in [0.15, 0.2) is 0 Å². The molecule has 4 fully saturated rings. The summed E-state index contributed by atoms with van der Waals surface area (Å²) in [4.78, 5) is 42.3. The summed E-state index contributed by atoms with van der Waals surface area (Å²) in [6.07, 6.45) is 10.5. The molecule has 6 rings (SSSR count). The number of ether oxygens (including phenoxy) is 1. The van der Waals surface area contributed by atoms with Gasteiger partial charge in [-0.1, -0.05) is 61.7 Å². The summed E-state index contributed by atoms with van der Waals surface area (Å²) in [5.41, 5.74) is -0.0417. The molecular formula is C26H31N3O4. The quantitative estimate of drug-likeness (QED) is 0.651. The summed E-state index contributed by atoms with van der Waals surface area (Å²) in [6.45, 7) is 0.401. The molecule has 0 radical (unpaired) electrons. The second-order valence-electron chi connectivity index (χ2n) is 10.2. The fraction of sp³-hybridized carbons (Fsp3) is 0.577. The van der Waals surface area contributed by atoms with Crippen molar-refractivity contribution in [1.82, 2.24) is 15.5 Å². The number of likely N-dealkylation sites (tertiary alicyclic amines) is 1. The highest BCUT2D eigenvalue weighted by Crippen LogP contribution is 2.57. The molecular weight excluding hydrogens is 418 g/mol. The highest BCUT2D eigenvalue weighted by molar-refractivity contribution is 6.00. The van der Waals surface area contributed by atoms with Crippen molar-refractivity contribution in [2.75, 3.05) is 0 Å². The summed E-state index contributed by atoms with van der Waals surface area (Å²) in [7, 11) is 0. The second-order valence-corrected chi connectivity index (χ2v) is 10.2. The summed E-state index contributed by atoms with van der Waals surface area (Å²) >= 11 is 0. The Hall–Kier alpha value is -2.67. The van der Waals surface area contributed by atoms with Crippen LogP contribution in [0, 0.1) is 11.8 Å². The maximum Gasteiger partial charge on any atom is 0.246 e. The molecule has 2 aliphatic carbocycles. The van der Waals surface area contributed by atoms with Gasteiger partial charge in [-0.15, -0.1) is 0 Å². The number of hydrogen-bond donors (Lipinski definition) is 2. The molecule has 3 amide bonds. The SMILES string of the molecule is O=C(NCc1ccccc1)[C@@H]1[C@H]2C(=O)N(C3CC3)[C@H](C(=O)NC3CCCCC3)[C@]23C=C[C@H]1O3. The van der Waals surface area contributed by atoms with Gasteiger partial charge in [0.05, 0.1) is 17.9 Å². The van der Waals surface area contributed by atoms with E-state index in [1.165, 1.54) is 6.42 Å². The molecule has 7 heteroatoms. The third-order valence-electron chi connectivity index (χ3n) is 8.06. The maximum atomic E-state index is 13.7. The average molecular weight is 450 g/mol. The van der Waals surface area contributed by atoms with Crippen molar-refractivity contribution in [3.63, 3.8) is 0 Å². The van der Waals surface area contributed by atoms with Crippen LogP contribution in [-0.4, -0.2) is 52.5 Å². The van der Waals surface area contributed by atoms with Gasteiger partial charge in [0.1, 0.15) is 11.6 Å². The lowest BCUT2D eigenvalue weighted by atomic mass is 9.74. The van der Waals surface area contributed by atoms with Crippen molar-refractivity contribution in [3.05, 3.63) is 48.0 Å². The van der Waals surface area contributed by atoms with E-state index in [0.29, 0.717) is 6.54 Å². The van der Waals surface area contributed by atoms with Crippen molar-refractivity contribution in [2.45, 2.75) is 81.3 Å². The van der Waals surface area contributed by atoms with Crippen LogP contribution in [0.3, 0.4) is 0 Å². The van der Waals surface area contributed by atoms with E-state index in [2.05, 4.69) is 10.6 Å². The smallest absolute Gasteiger partial charge is 0.246 e. The molecule has 1 aromatic rings. The first-order chi connectivity index (χ1) is 16.1. The second kappa shape index (κ2) is 7.97. The molecule has 0 unspecified atom stereocenters. The Balaban J connectivity index is 1.25. The van der Waals surface area contributed by atoms with Crippen LogP contribution < -0.4 is 10.6 Å². The number of nitrogens with one attached hydrogen (secondary N) is 2. The topological polar surface area (TPSA) is 87.7 Å². The van der Waals surface area contributed by atoms with E-state index in [1.807, 2.05) is 42.5 Å². The summed E-state index contributed by atoms with van der Waals surface area (Å²) in [5, 5.41) is 6.23. The van der Waals surface area contributed by atoms with Crippen molar-refractivity contribution < 1.29 is 19.1 Å². The van der Waals surface area contributed by atoms with Crippen LogP contribution >= 0.6 is 0 Å². The number of hydrogen-bond acceptors (Lipinski definition) is 4. The molecule has 2 N–H and O–H groups in total. The van der Waals surface area contributed by atoms with Crippen molar-refractivity contribution >= 4 is 17.7 Å². The third-order valence-corrected chi connectivity index (χ3v) is 8.06. The molecule has 1 aromatic carbocycles. The molecule has 5 atom stereocenters. The standard InChI is InChI=1S/C26H31N3O4/c30-23(27-15-16-7-3-1-4-8-16)20-19-13-14-26(33-19)21(20)25(32)29(18-11-12-18)22(26)24(31)28-17-9-5-2-6-10-17/h1,3-4,7-8,13-14,17-22H,2,5-6,9-12,15H2,(H,27,30)(H,28,31)/t19-,20+,21+,22-,26+/m1/s1. The van der Waals surface area contributed by atoms with Crippen molar-refractivity contribution in [2.24, 2.45) is 11.8 Å². The largest absolute Gasteiger partial charge is 0.359 e. The fourth-order valence-corrected chi connectivity index (χ4v) is 6.38. The van der Waals surface area contributed by atoms with Crippen molar-refractivity contribution in [1.29, 1.82) is 0 Å². The molecule has 33 heavy (non-hydrogen) atoms. The molecule has 174 valence electrons. The third kappa shape index (κ3) is 3.39. The Kier molecular flexibility index (Phi) is 5.05. The van der Waals surface area contributed by atoms with Crippen LogP contribution in [0.15, 0.2) is 42.5 Å². The zero-order valence-electron chi connectivity index (χ0n) is 18.7. The van der Waals surface area contributed by atoms with E-state index < -0.39 is 29.6 Å². The van der Waals surface area contributed by atoms with Crippen LogP contribution in [0.5, 0.6) is 0 Å². The van der Waals surface area contributed by atoms with Gasteiger partial charge in [-0.25, -0.2) is 0 Å². The van der Waals surface area contributed by atoms with Crippen LogP contribution in [-0.2, 0) is 25.7 Å². The Morgan fingerprint density at radius 1 is 1.03 bits per heavy atom. The summed E-state index contributed by atoms with van der Waals surface area (Å²) < 4.78 is 6.38. The Labute approximate surface area is 193 Å². The first kappa shape index (κ1) is 20.9. The van der Waals surface area contributed by atoms with Crippen LogP contribution in [0.4, 0.5) is 0 Å². The Bertz CT molecular complexity index is 985. The molecule has 5 aliphatic rings. The summed E-state index contributed by atoms with van der Waals surface area (Å²) in [5.74, 6) is -1.67. The number of carbonyl (C=O) groups excluding carboxylic acids is 3. The molecule has 0 aromatic heterocycles. The lowest BCUT2D eigenvalue weighted by Crippen LogP contribution is -2.57. The van der Waals surface area contributed by atoms with E-state index >= 15 is 0 Å². The lowest BCUT2D eigenvalue weighted by Gasteiger charge is -2.34. The van der Waals surface area contributed by atoms with E-state index in [1.54, 1.807) is 4.90 Å². The molecule has 2 saturated carbocycles. The molecule has 3 aliphatic heterocycles. The Morgan fingerprint density at radius 3 is 2.52 bits per heavy atom. The zero-order valence-corrected chi connectivity index (χ0v) is 18.7. The lowest BCUT2D eigenvalue weighted by molar-refractivity contribution is -0.142. The predicted octanol–water partition coefficient (Wildman–Crippen LogP) is 2.06. The highest BCUT2D eigenvalue weighted by atomic mass is 16.5. The fourth-order valence-electron chi connectivity index (χ4n) is 6.38. The molecule has 1 spiro atoms. The highest BCUT2D eigenvalue weighted by Gasteiger charge is 2.74. The van der Waals surface area contributed by atoms with E-state index in [9.17, 15) is 14.4 Å². The monoisotopic (exact) mass is 449 g/mol. The average Bonchev–Trinajstić information content (AvgIpc) is 3.43. The van der Waals surface area contributed by atoms with Crippen LogP contribution in [0.25, 0.3) is 0 Å². The number of nitrogens with zero attached hydrogens (tertiary/aromatic N) is 1. The number of benzene rings is 1. The minimum Gasteiger partial charge on any atom is -0.359 e. The minimum absolute atomic E-state index is 0.0728. The van der Waals surface area contributed by atoms with Crippen LogP contribution in [0.2, 0.25) is 0 Å². The van der Waals surface area contributed by atoms with E-state index in [-0.39, 0.29) is 29.8 Å². The molecule has 2 saturated heterocycles. The van der Waals surface area contributed by atoms with Crippen molar-refractivity contribution in [3.8, 4) is 0 Å². The normalized spacial score (nSPS) is 35.0. The number of fused-ring (bicyclic) bond motifs is 1. The van der Waals surface area contributed by atoms with E-state index in [0.717, 1.165) is 44.1 Å². The predicted molar refractivity (Wildman–Crippen MR) is 121 cm³/mol. The first-order valence-corrected chi connectivity index (χ1v) is 12.4. The number of rotatable bonds is 6. The Morgan fingerprint density at radius 2 is 1.79 bits per heavy atom. The maximum absolute atomic E-state index is 13.7. The number of amides is 3. The van der Waals surface area contributed by atoms with Gasteiger partial charge in [-0.3, -0.25) is 14.4 Å². The van der Waals surface area contributed by atoms with Gasteiger partial charge < -0.3 is 20.3 Å². The van der Waals surface area contributed by atoms with Gasteiger partial charge in [0, 0.05) is 18.6 Å². The molecule has 7 nitrogen and oxygen atoms in total. The first-order valence-electron chi connectivity index (χ1n) is 12.4. The van der Waals surface area contributed by atoms with Gasteiger partial charge in [-0.2, -0.15) is 0 Å². The van der Waals surface area contributed by atoms with E-state index in [4.69, 9.17) is 4.74 Å². The zero-order chi connectivity index (χ0) is 22.6. The summed E-state index contributed by atoms with van der Waals surface area (Å²) in [6, 6.07) is 9.26. The van der Waals surface area contributed by atoms with Gasteiger partial charge in [0.25, 0.3) is 0 Å². The van der Waals surface area contributed by atoms with Gasteiger partial charge in [0.2, 0.25) is 17.7 Å². The molecule has 2 bridgehead atoms. The van der Waals surface area contributed by atoms with Crippen LogP contribution in [0.1, 0.15) is 50.5 Å². The minimum atomic E-state index is -1.04. The van der Waals surface area contributed by atoms with Gasteiger partial charge >= 0.3 is 0 Å².